The third kappa shape index (κ3) is 6.77. The second kappa shape index (κ2) is 16.3. The van der Waals surface area contributed by atoms with E-state index in [-0.39, 0.29) is 0 Å². The first kappa shape index (κ1) is 37.7. The van der Waals surface area contributed by atoms with E-state index in [4.69, 9.17) is 0 Å². The fourth-order valence-corrected chi connectivity index (χ4v) is 9.51. The molecular weight excluding hydrogens is 763 g/mol. The predicted molar refractivity (Wildman–Crippen MR) is 262 cm³/mol. The smallest absolute Gasteiger partial charge is 0.0742 e. The van der Waals surface area contributed by atoms with Gasteiger partial charge in [-0.15, -0.1) is 0 Å². The molecule has 0 fully saturated rings. The molecule has 0 N–H and O–H groups in total. The van der Waals surface area contributed by atoms with Gasteiger partial charge in [-0.05, 0) is 122 Å². The maximum atomic E-state index is 4.36. The molecule has 0 bridgehead atoms. The van der Waals surface area contributed by atoms with Crippen LogP contribution in [0.1, 0.15) is 22.3 Å². The average molecular weight is 806 g/mol. The summed E-state index contributed by atoms with van der Waals surface area (Å²) in [7, 11) is 0. The normalized spacial score (nSPS) is 12.5. The molecule has 0 saturated carbocycles. The highest BCUT2D eigenvalue weighted by Gasteiger charge is 2.46. The van der Waals surface area contributed by atoms with Crippen LogP contribution in [0.5, 0.6) is 0 Å². The third-order valence-electron chi connectivity index (χ3n) is 12.4. The average Bonchev–Trinajstić information content (AvgIpc) is 3.37. The molecule has 0 spiro atoms. The van der Waals surface area contributed by atoms with E-state index in [2.05, 4.69) is 257 Å². The topological polar surface area (TPSA) is 19.4 Å². The number of hydrogen-bond donors (Lipinski definition) is 0. The van der Waals surface area contributed by atoms with Crippen molar-refractivity contribution in [3.05, 3.63) is 283 Å². The van der Waals surface area contributed by atoms with Gasteiger partial charge in [0.05, 0.1) is 16.8 Å². The van der Waals surface area contributed by atoms with Gasteiger partial charge in [0.1, 0.15) is 0 Å². The standard InChI is InChI=1S/C60H43N3/c1-5-16-44(17-6-1)45-27-34-53(35-28-45)62(55-38-31-47(32-39-55)49-18-15-41-61-43-49)54-36-29-46(30-37-54)48-33-40-57-59(42-48)63(52-23-11-4-12-24-52)58-26-14-13-25-56(58)60(57,50-19-7-2-8-20-50)51-21-9-3-10-22-51/h1-43H. The molecule has 298 valence electrons. The van der Waals surface area contributed by atoms with E-state index in [1.807, 2.05) is 18.5 Å². The number of pyridine rings is 1. The Hall–Kier alpha value is -8.27. The van der Waals surface area contributed by atoms with Gasteiger partial charge in [-0.1, -0.05) is 182 Å². The molecule has 9 aromatic carbocycles. The van der Waals surface area contributed by atoms with Crippen molar-refractivity contribution in [2.75, 3.05) is 9.80 Å². The molecule has 0 radical (unpaired) electrons. The summed E-state index contributed by atoms with van der Waals surface area (Å²) in [4.78, 5) is 9.14. The third-order valence-corrected chi connectivity index (χ3v) is 12.4. The molecule has 3 heteroatoms. The fourth-order valence-electron chi connectivity index (χ4n) is 9.51. The van der Waals surface area contributed by atoms with Gasteiger partial charge in [0, 0.05) is 35.1 Å². The molecule has 3 nitrogen and oxygen atoms in total. The van der Waals surface area contributed by atoms with Crippen LogP contribution in [0.25, 0.3) is 33.4 Å². The number of fused-ring (bicyclic) bond motifs is 2. The van der Waals surface area contributed by atoms with Crippen LogP contribution in [0.3, 0.4) is 0 Å². The summed E-state index contributed by atoms with van der Waals surface area (Å²) in [6, 6.07) is 90.1. The van der Waals surface area contributed by atoms with Gasteiger partial charge in [0.15, 0.2) is 0 Å². The molecule has 0 amide bonds. The van der Waals surface area contributed by atoms with Gasteiger partial charge in [-0.3, -0.25) is 4.98 Å². The van der Waals surface area contributed by atoms with E-state index in [0.717, 1.165) is 50.7 Å². The number of rotatable bonds is 9. The Morgan fingerprint density at radius 1 is 0.333 bits per heavy atom. The van der Waals surface area contributed by atoms with Gasteiger partial charge in [-0.25, -0.2) is 0 Å². The lowest BCUT2D eigenvalue weighted by atomic mass is 9.62. The zero-order chi connectivity index (χ0) is 42.0. The number of aromatic nitrogens is 1. The minimum atomic E-state index is -0.550. The minimum Gasteiger partial charge on any atom is -0.311 e. The lowest BCUT2D eigenvalue weighted by Gasteiger charge is -2.46. The quantitative estimate of drug-likeness (QED) is 0.145. The van der Waals surface area contributed by atoms with Gasteiger partial charge in [0.25, 0.3) is 0 Å². The lowest BCUT2D eigenvalue weighted by molar-refractivity contribution is 0.731. The number of anilines is 6. The zero-order valence-electron chi connectivity index (χ0n) is 34.7. The molecule has 63 heavy (non-hydrogen) atoms. The Morgan fingerprint density at radius 2 is 0.762 bits per heavy atom. The molecule has 1 aliphatic heterocycles. The molecule has 11 rings (SSSR count). The summed E-state index contributed by atoms with van der Waals surface area (Å²) in [6.45, 7) is 0. The molecule has 1 aromatic heterocycles. The zero-order valence-corrected chi connectivity index (χ0v) is 34.7. The number of nitrogens with zero attached hydrogens (tertiary/aromatic N) is 3. The Labute approximate surface area is 369 Å². The first-order valence-corrected chi connectivity index (χ1v) is 21.5. The molecule has 0 aliphatic carbocycles. The fraction of sp³-hybridized carbons (Fsp3) is 0.0167. The highest BCUT2D eigenvalue weighted by molar-refractivity contribution is 5.91. The van der Waals surface area contributed by atoms with Crippen molar-refractivity contribution in [2.24, 2.45) is 0 Å². The van der Waals surface area contributed by atoms with Crippen LogP contribution in [0.4, 0.5) is 34.1 Å². The molecule has 0 saturated heterocycles. The van der Waals surface area contributed by atoms with E-state index in [1.165, 1.54) is 39.1 Å². The van der Waals surface area contributed by atoms with E-state index in [1.54, 1.807) is 0 Å². The predicted octanol–water partition coefficient (Wildman–Crippen LogP) is 15.7. The maximum absolute atomic E-state index is 4.36. The van der Waals surface area contributed by atoms with Crippen molar-refractivity contribution >= 4 is 34.1 Å². The van der Waals surface area contributed by atoms with Gasteiger partial charge >= 0.3 is 0 Å². The van der Waals surface area contributed by atoms with Gasteiger partial charge < -0.3 is 9.80 Å². The molecule has 0 atom stereocenters. The summed E-state index contributed by atoms with van der Waals surface area (Å²) < 4.78 is 0. The van der Waals surface area contributed by atoms with Gasteiger partial charge in [0.2, 0.25) is 0 Å². The largest absolute Gasteiger partial charge is 0.311 e. The number of hydrogen-bond acceptors (Lipinski definition) is 3. The second-order valence-corrected chi connectivity index (χ2v) is 16.0. The Kier molecular flexibility index (Phi) is 9.76. The Bertz CT molecular complexity index is 2990. The SMILES string of the molecule is c1ccc(-c2ccc(N(c3ccc(-c4cccnc4)cc3)c3ccc(-c4ccc5c(c4)N(c4ccccc4)c4ccccc4C5(c4ccccc4)c4ccccc4)cc3)cc2)cc1. The van der Waals surface area contributed by atoms with Crippen molar-refractivity contribution in [3.8, 4) is 33.4 Å². The van der Waals surface area contributed by atoms with Crippen LogP contribution < -0.4 is 9.80 Å². The van der Waals surface area contributed by atoms with Crippen LogP contribution in [0, 0.1) is 0 Å². The van der Waals surface area contributed by atoms with E-state index >= 15 is 0 Å². The monoisotopic (exact) mass is 805 g/mol. The second-order valence-electron chi connectivity index (χ2n) is 16.0. The van der Waals surface area contributed by atoms with Crippen LogP contribution in [-0.4, -0.2) is 4.98 Å². The van der Waals surface area contributed by atoms with Crippen LogP contribution in [-0.2, 0) is 5.41 Å². The van der Waals surface area contributed by atoms with Crippen LogP contribution in [0.2, 0.25) is 0 Å². The Morgan fingerprint density at radius 3 is 1.32 bits per heavy atom. The molecular formula is C60H43N3. The molecule has 10 aromatic rings. The van der Waals surface area contributed by atoms with Gasteiger partial charge in [-0.2, -0.15) is 0 Å². The highest BCUT2D eigenvalue weighted by atomic mass is 15.2. The molecule has 0 unspecified atom stereocenters. The van der Waals surface area contributed by atoms with E-state index < -0.39 is 5.41 Å². The maximum Gasteiger partial charge on any atom is 0.0742 e. The van der Waals surface area contributed by atoms with Crippen molar-refractivity contribution < 1.29 is 0 Å². The van der Waals surface area contributed by atoms with Crippen LogP contribution in [0.15, 0.2) is 261 Å². The molecule has 2 heterocycles. The van der Waals surface area contributed by atoms with Crippen molar-refractivity contribution in [1.82, 2.24) is 4.98 Å². The summed E-state index contributed by atoms with van der Waals surface area (Å²) >= 11 is 0. The first-order valence-electron chi connectivity index (χ1n) is 21.5. The van der Waals surface area contributed by atoms with Crippen molar-refractivity contribution in [3.63, 3.8) is 0 Å². The number of para-hydroxylation sites is 2. The number of benzene rings is 9. The lowest BCUT2D eigenvalue weighted by Crippen LogP contribution is -2.37. The highest BCUT2D eigenvalue weighted by Crippen LogP contribution is 2.58. The molecule has 1 aliphatic rings. The van der Waals surface area contributed by atoms with Crippen molar-refractivity contribution in [1.29, 1.82) is 0 Å². The summed E-state index contributed by atoms with van der Waals surface area (Å²) in [5.41, 5.74) is 18.0. The summed E-state index contributed by atoms with van der Waals surface area (Å²) in [5.74, 6) is 0. The van der Waals surface area contributed by atoms with E-state index in [0.29, 0.717) is 0 Å². The first-order chi connectivity index (χ1) is 31.3. The minimum absolute atomic E-state index is 0.550. The van der Waals surface area contributed by atoms with E-state index in [9.17, 15) is 0 Å². The van der Waals surface area contributed by atoms with Crippen molar-refractivity contribution in [2.45, 2.75) is 5.41 Å². The van der Waals surface area contributed by atoms with Crippen LogP contribution >= 0.6 is 0 Å². The Balaban J connectivity index is 1.04. The summed E-state index contributed by atoms with van der Waals surface area (Å²) in [5, 5.41) is 0. The summed E-state index contributed by atoms with van der Waals surface area (Å²) in [6.07, 6.45) is 3.73.